The second-order valence-electron chi connectivity index (χ2n) is 6.48. The molecule has 0 aromatic heterocycles. The van der Waals surface area contributed by atoms with Gasteiger partial charge in [0, 0.05) is 28.1 Å². The van der Waals surface area contributed by atoms with Crippen LogP contribution in [0.25, 0.3) is 33.4 Å². The SMILES string of the molecule is [CH]1c2ccc(-c3ccccc3)cc2-c2cc(-c3ccccc3)ccc21.[Ti]. The van der Waals surface area contributed by atoms with Crippen molar-refractivity contribution in [1.29, 1.82) is 0 Å². The van der Waals surface area contributed by atoms with E-state index in [-0.39, 0.29) is 21.7 Å². The van der Waals surface area contributed by atoms with Gasteiger partial charge in [0.2, 0.25) is 0 Å². The molecule has 0 spiro atoms. The summed E-state index contributed by atoms with van der Waals surface area (Å²) in [4.78, 5) is 0. The monoisotopic (exact) mass is 365 g/mol. The summed E-state index contributed by atoms with van der Waals surface area (Å²) in [6.45, 7) is 0. The van der Waals surface area contributed by atoms with E-state index in [2.05, 4.69) is 103 Å². The Morgan fingerprint density at radius 1 is 0.385 bits per heavy atom. The molecule has 4 aromatic rings. The molecule has 4 aromatic carbocycles. The van der Waals surface area contributed by atoms with Crippen LogP contribution < -0.4 is 0 Å². The maximum Gasteiger partial charge on any atom is 0.0211 e. The van der Waals surface area contributed by atoms with E-state index in [4.69, 9.17) is 0 Å². The normalized spacial score (nSPS) is 11.4. The van der Waals surface area contributed by atoms with Gasteiger partial charge in [-0.2, -0.15) is 0 Å². The minimum absolute atomic E-state index is 0. The van der Waals surface area contributed by atoms with Crippen molar-refractivity contribution in [3.8, 4) is 33.4 Å². The summed E-state index contributed by atoms with van der Waals surface area (Å²) >= 11 is 0. The third-order valence-corrected chi connectivity index (χ3v) is 4.92. The van der Waals surface area contributed by atoms with Crippen LogP contribution in [-0.2, 0) is 21.7 Å². The number of fused-ring (bicyclic) bond motifs is 3. The van der Waals surface area contributed by atoms with E-state index in [1.54, 1.807) is 0 Å². The molecule has 1 aliphatic rings. The van der Waals surface area contributed by atoms with Crippen LogP contribution in [0.4, 0.5) is 0 Å². The van der Waals surface area contributed by atoms with Gasteiger partial charge in [0.15, 0.2) is 0 Å². The molecule has 1 aliphatic carbocycles. The summed E-state index contributed by atoms with van der Waals surface area (Å²) in [6.07, 6.45) is 2.29. The largest absolute Gasteiger partial charge is 0.0622 e. The molecule has 0 unspecified atom stereocenters. The fourth-order valence-electron chi connectivity index (χ4n) is 3.62. The van der Waals surface area contributed by atoms with Crippen LogP contribution >= 0.6 is 0 Å². The summed E-state index contributed by atoms with van der Waals surface area (Å²) in [5.41, 5.74) is 10.3. The van der Waals surface area contributed by atoms with E-state index in [1.165, 1.54) is 44.5 Å². The molecule has 1 heteroatoms. The van der Waals surface area contributed by atoms with Gasteiger partial charge in [-0.25, -0.2) is 0 Å². The molecule has 0 heterocycles. The molecule has 0 bridgehead atoms. The molecule has 1 radical (unpaired) electrons. The Morgan fingerprint density at radius 3 is 1.23 bits per heavy atom. The molecular weight excluding hydrogens is 348 g/mol. The van der Waals surface area contributed by atoms with Crippen molar-refractivity contribution in [2.24, 2.45) is 0 Å². The summed E-state index contributed by atoms with van der Waals surface area (Å²) in [7, 11) is 0. The van der Waals surface area contributed by atoms with Crippen LogP contribution in [0.1, 0.15) is 11.1 Å². The van der Waals surface area contributed by atoms with E-state index in [9.17, 15) is 0 Å². The van der Waals surface area contributed by atoms with Crippen molar-refractivity contribution in [2.45, 2.75) is 0 Å². The minimum Gasteiger partial charge on any atom is -0.0622 e. The molecule has 0 fully saturated rings. The topological polar surface area (TPSA) is 0 Å². The first kappa shape index (κ1) is 17.0. The molecule has 0 saturated heterocycles. The molecule has 121 valence electrons. The Labute approximate surface area is 169 Å². The standard InChI is InChI=1S/C25H17.Ti/c1-3-7-18(8-4-1)20-11-13-22-15-23-14-12-21(17-25(23)24(22)16-20)19-9-5-2-6-10-19;/h1-17H;. The second-order valence-corrected chi connectivity index (χ2v) is 6.48. The van der Waals surface area contributed by atoms with Gasteiger partial charge < -0.3 is 0 Å². The van der Waals surface area contributed by atoms with Crippen molar-refractivity contribution >= 4 is 0 Å². The molecule has 5 rings (SSSR count). The molecule has 0 amide bonds. The van der Waals surface area contributed by atoms with Gasteiger partial charge in [0.1, 0.15) is 0 Å². The molecule has 0 N–H and O–H groups in total. The van der Waals surface area contributed by atoms with E-state index >= 15 is 0 Å². The van der Waals surface area contributed by atoms with Gasteiger partial charge in [-0.15, -0.1) is 0 Å². The maximum absolute atomic E-state index is 2.32. The van der Waals surface area contributed by atoms with Crippen LogP contribution in [0.5, 0.6) is 0 Å². The summed E-state index contributed by atoms with van der Waals surface area (Å²) in [5, 5.41) is 0. The average Bonchev–Trinajstić information content (AvgIpc) is 3.06. The molecule has 0 saturated carbocycles. The zero-order valence-corrected chi connectivity index (χ0v) is 15.9. The molecule has 26 heavy (non-hydrogen) atoms. The predicted molar refractivity (Wildman–Crippen MR) is 105 cm³/mol. The van der Waals surface area contributed by atoms with E-state index in [0.29, 0.717) is 0 Å². The predicted octanol–water partition coefficient (Wildman–Crippen LogP) is 6.60. The van der Waals surface area contributed by atoms with E-state index in [1.807, 2.05) is 0 Å². The van der Waals surface area contributed by atoms with Crippen LogP contribution in [-0.4, -0.2) is 0 Å². The van der Waals surface area contributed by atoms with Gasteiger partial charge in [-0.1, -0.05) is 84.9 Å². The van der Waals surface area contributed by atoms with Crippen LogP contribution in [0.2, 0.25) is 0 Å². The third kappa shape index (κ3) is 2.96. The van der Waals surface area contributed by atoms with Gasteiger partial charge >= 0.3 is 0 Å². The zero-order valence-electron chi connectivity index (χ0n) is 14.3. The quantitative estimate of drug-likeness (QED) is 0.309. The van der Waals surface area contributed by atoms with Crippen molar-refractivity contribution in [3.63, 3.8) is 0 Å². The number of benzene rings is 4. The summed E-state index contributed by atoms with van der Waals surface area (Å²) in [6, 6.07) is 34.7. The van der Waals surface area contributed by atoms with Gasteiger partial charge in [0.05, 0.1) is 0 Å². The van der Waals surface area contributed by atoms with Crippen molar-refractivity contribution in [3.05, 3.63) is 115 Å². The smallest absolute Gasteiger partial charge is 0.0211 e. The number of hydrogen-bond donors (Lipinski definition) is 0. The number of hydrogen-bond acceptors (Lipinski definition) is 0. The van der Waals surface area contributed by atoms with Crippen LogP contribution in [0, 0.1) is 6.42 Å². The van der Waals surface area contributed by atoms with Crippen molar-refractivity contribution in [2.75, 3.05) is 0 Å². The van der Waals surface area contributed by atoms with Crippen LogP contribution in [0.3, 0.4) is 0 Å². The summed E-state index contributed by atoms with van der Waals surface area (Å²) in [5.74, 6) is 0. The Balaban J connectivity index is 0.00000168. The molecule has 0 aliphatic heterocycles. The zero-order chi connectivity index (χ0) is 16.6. The Morgan fingerprint density at radius 2 is 0.808 bits per heavy atom. The first-order valence-electron chi connectivity index (χ1n) is 8.62. The fourth-order valence-corrected chi connectivity index (χ4v) is 3.62. The first-order chi connectivity index (χ1) is 12.4. The Bertz CT molecular complexity index is 963. The van der Waals surface area contributed by atoms with Crippen molar-refractivity contribution in [1.82, 2.24) is 0 Å². The molecule has 0 atom stereocenters. The van der Waals surface area contributed by atoms with Crippen molar-refractivity contribution < 1.29 is 21.7 Å². The van der Waals surface area contributed by atoms with Crippen LogP contribution in [0.15, 0.2) is 97.1 Å². The van der Waals surface area contributed by atoms with E-state index < -0.39 is 0 Å². The van der Waals surface area contributed by atoms with Gasteiger partial charge in [0.25, 0.3) is 0 Å². The third-order valence-electron chi connectivity index (χ3n) is 4.92. The minimum atomic E-state index is 0. The Kier molecular flexibility index (Phi) is 4.63. The summed E-state index contributed by atoms with van der Waals surface area (Å²) < 4.78 is 0. The first-order valence-corrected chi connectivity index (χ1v) is 8.62. The molecular formula is C25H17Ti. The Hall–Kier alpha value is -2.41. The van der Waals surface area contributed by atoms with Gasteiger partial charge in [-0.05, 0) is 56.6 Å². The molecule has 0 nitrogen and oxygen atoms in total. The second kappa shape index (κ2) is 7.07. The fraction of sp³-hybridized carbons (Fsp3) is 0. The maximum atomic E-state index is 2.32. The number of rotatable bonds is 2. The average molecular weight is 365 g/mol. The van der Waals surface area contributed by atoms with Gasteiger partial charge in [-0.3, -0.25) is 0 Å². The van der Waals surface area contributed by atoms with E-state index in [0.717, 1.165) is 0 Å².